The molecule has 1 N–H and O–H groups in total. The lowest BCUT2D eigenvalue weighted by Crippen LogP contribution is -2.39. The molecule has 3 atom stereocenters. The Hall–Kier alpha value is -0.180. The van der Waals surface area contributed by atoms with Crippen molar-refractivity contribution in [2.45, 2.75) is 70.7 Å². The summed E-state index contributed by atoms with van der Waals surface area (Å²) in [6.45, 7) is 9.28. The Labute approximate surface area is 104 Å². The molecule has 1 saturated carbocycles. The van der Waals surface area contributed by atoms with E-state index in [9.17, 15) is 0 Å². The minimum Gasteiger partial charge on any atom is -0.362 e. The number of hydrogen-bond donors (Lipinski definition) is 1. The van der Waals surface area contributed by atoms with Gasteiger partial charge in [-0.15, -0.1) is 0 Å². The Balaban J connectivity index is 1.96. The van der Waals surface area contributed by atoms with Crippen molar-refractivity contribution in [1.29, 1.82) is 0 Å². The fourth-order valence-electron chi connectivity index (χ4n) is 2.78. The predicted octanol–water partition coefficient (Wildman–Crippen LogP) is 3.42. The molecule has 1 heterocycles. The topological polar surface area (TPSA) is 24.4 Å². The Morgan fingerprint density at radius 2 is 2.12 bits per heavy atom. The lowest BCUT2D eigenvalue weighted by Gasteiger charge is -2.27. The Bertz CT molecular complexity index is 274. The predicted molar refractivity (Wildman–Crippen MR) is 73.1 cm³/mol. The maximum atomic E-state index is 4.90. The Morgan fingerprint density at radius 1 is 1.38 bits per heavy atom. The highest BCUT2D eigenvalue weighted by Crippen LogP contribution is 2.39. The second-order valence-corrected chi connectivity index (χ2v) is 7.63. The second-order valence-electron chi connectivity index (χ2n) is 6.20. The molecule has 0 amide bonds. The molecular formula is C13H24N2S. The van der Waals surface area contributed by atoms with E-state index in [1.54, 1.807) is 0 Å². The van der Waals surface area contributed by atoms with Crippen molar-refractivity contribution in [1.82, 2.24) is 5.32 Å². The molecule has 92 valence electrons. The molecule has 2 fully saturated rings. The highest BCUT2D eigenvalue weighted by Gasteiger charge is 2.31. The summed E-state index contributed by atoms with van der Waals surface area (Å²) in [4.78, 5) is 4.90. The van der Waals surface area contributed by atoms with Gasteiger partial charge in [-0.3, -0.25) is 4.99 Å². The molecule has 0 aromatic heterocycles. The van der Waals surface area contributed by atoms with Gasteiger partial charge in [-0.05, 0) is 38.0 Å². The molecule has 1 saturated heterocycles. The van der Waals surface area contributed by atoms with Crippen LogP contribution in [0.25, 0.3) is 0 Å². The van der Waals surface area contributed by atoms with Gasteiger partial charge in [-0.1, -0.05) is 32.5 Å². The molecule has 0 spiro atoms. The number of aliphatic imine (C=N–C) groups is 1. The summed E-state index contributed by atoms with van der Waals surface area (Å²) in [5.41, 5.74) is 0.505. The van der Waals surface area contributed by atoms with Crippen LogP contribution in [0.1, 0.15) is 53.4 Å². The zero-order valence-corrected chi connectivity index (χ0v) is 11.7. The third kappa shape index (κ3) is 3.16. The van der Waals surface area contributed by atoms with E-state index in [0.29, 0.717) is 22.7 Å². The van der Waals surface area contributed by atoms with E-state index in [4.69, 9.17) is 4.99 Å². The summed E-state index contributed by atoms with van der Waals surface area (Å²) in [7, 11) is 0. The van der Waals surface area contributed by atoms with E-state index in [0.717, 1.165) is 0 Å². The van der Waals surface area contributed by atoms with E-state index in [1.165, 1.54) is 30.9 Å². The Kier molecular flexibility index (Phi) is 3.53. The van der Waals surface area contributed by atoms with Gasteiger partial charge in [0.1, 0.15) is 0 Å². The molecule has 2 rings (SSSR count). The first-order chi connectivity index (χ1) is 7.44. The zero-order valence-electron chi connectivity index (χ0n) is 10.9. The molecule has 0 aromatic carbocycles. The summed E-state index contributed by atoms with van der Waals surface area (Å²) >= 11 is 1.92. The normalized spacial score (nSPS) is 41.0. The molecular weight excluding hydrogens is 216 g/mol. The van der Waals surface area contributed by atoms with Crippen molar-refractivity contribution in [3.63, 3.8) is 0 Å². The average molecular weight is 240 g/mol. The molecule has 0 aromatic rings. The summed E-state index contributed by atoms with van der Waals surface area (Å²) < 4.78 is 0. The van der Waals surface area contributed by atoms with Crippen LogP contribution in [-0.4, -0.2) is 22.5 Å². The molecule has 16 heavy (non-hydrogen) atoms. The fourth-order valence-corrected chi connectivity index (χ4v) is 4.03. The summed E-state index contributed by atoms with van der Waals surface area (Å²) in [6, 6.07) is 1.15. The van der Waals surface area contributed by atoms with Gasteiger partial charge in [0.25, 0.3) is 0 Å². The van der Waals surface area contributed by atoms with E-state index in [1.807, 2.05) is 11.8 Å². The maximum absolute atomic E-state index is 4.90. The van der Waals surface area contributed by atoms with Crippen LogP contribution in [0.3, 0.4) is 0 Å². The molecule has 0 bridgehead atoms. The van der Waals surface area contributed by atoms with Crippen molar-refractivity contribution in [3.8, 4) is 0 Å². The van der Waals surface area contributed by atoms with Gasteiger partial charge in [0.2, 0.25) is 0 Å². The van der Waals surface area contributed by atoms with Crippen LogP contribution in [0.15, 0.2) is 4.99 Å². The fraction of sp³-hybridized carbons (Fsp3) is 0.923. The first-order valence-corrected chi connectivity index (χ1v) is 7.33. The van der Waals surface area contributed by atoms with Crippen molar-refractivity contribution in [2.75, 3.05) is 0 Å². The first-order valence-electron chi connectivity index (χ1n) is 6.46. The quantitative estimate of drug-likeness (QED) is 0.759. The average Bonchev–Trinajstić information content (AvgIpc) is 2.43. The lowest BCUT2D eigenvalue weighted by atomic mass is 9.92. The van der Waals surface area contributed by atoms with Crippen molar-refractivity contribution >= 4 is 16.9 Å². The highest BCUT2D eigenvalue weighted by molar-refractivity contribution is 8.14. The van der Waals surface area contributed by atoms with E-state index < -0.39 is 0 Å². The molecule has 1 aliphatic heterocycles. The minimum atomic E-state index is 0.505. The summed E-state index contributed by atoms with van der Waals surface area (Å²) in [6.07, 6.45) is 5.09. The monoisotopic (exact) mass is 240 g/mol. The van der Waals surface area contributed by atoms with Crippen LogP contribution < -0.4 is 5.32 Å². The van der Waals surface area contributed by atoms with Crippen LogP contribution in [0, 0.1) is 5.41 Å². The third-order valence-electron chi connectivity index (χ3n) is 3.61. The molecule has 3 unspecified atom stereocenters. The van der Waals surface area contributed by atoms with Gasteiger partial charge in [0.15, 0.2) is 5.17 Å². The molecule has 2 nitrogen and oxygen atoms in total. The molecule has 0 radical (unpaired) electrons. The third-order valence-corrected chi connectivity index (χ3v) is 4.65. The summed E-state index contributed by atoms with van der Waals surface area (Å²) in [5.74, 6) is 0. The molecule has 3 heteroatoms. The number of hydrogen-bond acceptors (Lipinski definition) is 2. The minimum absolute atomic E-state index is 0.505. The second kappa shape index (κ2) is 4.59. The standard InChI is InChI=1S/C13H24N2S/c1-9-7-10(2)16-12(14-9)15-11-5-6-13(3,4)8-11/h9-11H,5-8H2,1-4H3,(H,14,15). The van der Waals surface area contributed by atoms with Gasteiger partial charge < -0.3 is 5.32 Å². The first kappa shape index (κ1) is 12.3. The number of amidine groups is 1. The zero-order chi connectivity index (χ0) is 11.8. The molecule has 1 aliphatic carbocycles. The van der Waals surface area contributed by atoms with Crippen molar-refractivity contribution in [2.24, 2.45) is 10.4 Å². The molecule has 2 aliphatic rings. The van der Waals surface area contributed by atoms with Gasteiger partial charge >= 0.3 is 0 Å². The number of nitrogens with zero attached hydrogens (tertiary/aromatic N) is 1. The highest BCUT2D eigenvalue weighted by atomic mass is 32.2. The van der Waals surface area contributed by atoms with Crippen molar-refractivity contribution in [3.05, 3.63) is 0 Å². The smallest absolute Gasteiger partial charge is 0.157 e. The van der Waals surface area contributed by atoms with Gasteiger partial charge in [0.05, 0.1) is 6.04 Å². The Morgan fingerprint density at radius 3 is 2.69 bits per heavy atom. The largest absolute Gasteiger partial charge is 0.362 e. The SMILES string of the molecule is CC1CC(C)SC(=NC2CCC(C)(C)C2)N1. The van der Waals surface area contributed by atoms with Crippen LogP contribution in [0.5, 0.6) is 0 Å². The van der Waals surface area contributed by atoms with E-state index in [-0.39, 0.29) is 0 Å². The van der Waals surface area contributed by atoms with Crippen molar-refractivity contribution < 1.29 is 0 Å². The summed E-state index contributed by atoms with van der Waals surface area (Å²) in [5, 5.41) is 5.42. The van der Waals surface area contributed by atoms with Gasteiger partial charge in [0, 0.05) is 11.3 Å². The van der Waals surface area contributed by atoms with E-state index >= 15 is 0 Å². The number of rotatable bonds is 1. The van der Waals surface area contributed by atoms with Crippen LogP contribution >= 0.6 is 11.8 Å². The van der Waals surface area contributed by atoms with Crippen LogP contribution in [0.4, 0.5) is 0 Å². The number of thioether (sulfide) groups is 1. The van der Waals surface area contributed by atoms with Crippen LogP contribution in [0.2, 0.25) is 0 Å². The van der Waals surface area contributed by atoms with Gasteiger partial charge in [-0.2, -0.15) is 0 Å². The lowest BCUT2D eigenvalue weighted by molar-refractivity contribution is 0.376. The van der Waals surface area contributed by atoms with Crippen LogP contribution in [-0.2, 0) is 0 Å². The van der Waals surface area contributed by atoms with Gasteiger partial charge in [-0.25, -0.2) is 0 Å². The maximum Gasteiger partial charge on any atom is 0.157 e. The number of nitrogens with one attached hydrogen (secondary N) is 1. The van der Waals surface area contributed by atoms with E-state index in [2.05, 4.69) is 33.0 Å².